The van der Waals surface area contributed by atoms with Crippen molar-refractivity contribution >= 4 is 45.8 Å². The van der Waals surface area contributed by atoms with Crippen molar-refractivity contribution in [1.82, 2.24) is 14.9 Å². The van der Waals surface area contributed by atoms with E-state index in [1.165, 1.54) is 30.6 Å². The number of nitro groups is 1. The predicted molar refractivity (Wildman–Crippen MR) is 143 cm³/mol. The average Bonchev–Trinajstić information content (AvgIpc) is 2.84. The summed E-state index contributed by atoms with van der Waals surface area (Å²) >= 11 is 5.87. The van der Waals surface area contributed by atoms with E-state index in [2.05, 4.69) is 27.1 Å². The lowest BCUT2D eigenvalue weighted by atomic mass is 9.82. The van der Waals surface area contributed by atoms with Crippen LogP contribution in [0.5, 0.6) is 0 Å². The highest BCUT2D eigenvalue weighted by molar-refractivity contribution is 6.31. The Balaban J connectivity index is 1.67. The molecule has 3 aromatic rings. The molecule has 198 valence electrons. The highest BCUT2D eigenvalue weighted by atomic mass is 35.5. The first-order valence-electron chi connectivity index (χ1n) is 12.0. The molecular formula is C27H27ClFN5O4. The fourth-order valence-corrected chi connectivity index (χ4v) is 4.39. The van der Waals surface area contributed by atoms with Gasteiger partial charge in [0, 0.05) is 30.0 Å². The Labute approximate surface area is 224 Å². The monoisotopic (exact) mass is 539 g/mol. The standard InChI is InChI=1S/C27H27ClFN5O4/c1-26(2,3)38-25(35)33-12-6-10-27(4,15-33)11-9-17-13-21-18(14-22(17)34(36)37)24(31-16-30-21)32-20-8-5-7-19(28)23(20)29/h5,7-8,13-14,16H,6,10,12,15H2,1-4H3,(H,30,31,32). The number of nitrogens with one attached hydrogen (secondary N) is 1. The number of benzene rings is 2. The minimum Gasteiger partial charge on any atom is -0.444 e. The molecule has 1 aromatic heterocycles. The third-order valence-electron chi connectivity index (χ3n) is 6.00. The summed E-state index contributed by atoms with van der Waals surface area (Å²) in [7, 11) is 0. The number of fused-ring (bicyclic) bond motifs is 1. The van der Waals surface area contributed by atoms with Crippen molar-refractivity contribution in [2.45, 2.75) is 46.1 Å². The molecule has 9 nitrogen and oxygen atoms in total. The largest absolute Gasteiger partial charge is 0.444 e. The van der Waals surface area contributed by atoms with Crippen molar-refractivity contribution in [2.24, 2.45) is 5.41 Å². The van der Waals surface area contributed by atoms with Gasteiger partial charge in [0.2, 0.25) is 0 Å². The number of rotatable bonds is 3. The quantitative estimate of drug-likeness (QED) is 0.231. The van der Waals surface area contributed by atoms with Crippen LogP contribution in [0.1, 0.15) is 46.1 Å². The number of anilines is 2. The van der Waals surface area contributed by atoms with Gasteiger partial charge in [0.25, 0.3) is 5.69 Å². The molecule has 0 saturated carbocycles. The first-order valence-corrected chi connectivity index (χ1v) is 12.4. The molecule has 0 spiro atoms. The molecule has 1 amide bonds. The van der Waals surface area contributed by atoms with Crippen LogP contribution in [0.2, 0.25) is 5.02 Å². The Morgan fingerprint density at radius 1 is 1.32 bits per heavy atom. The van der Waals surface area contributed by atoms with Crippen LogP contribution in [0.25, 0.3) is 10.9 Å². The van der Waals surface area contributed by atoms with Gasteiger partial charge < -0.3 is 15.0 Å². The van der Waals surface area contributed by atoms with E-state index in [0.29, 0.717) is 24.0 Å². The number of hydrogen-bond acceptors (Lipinski definition) is 7. The van der Waals surface area contributed by atoms with Crippen molar-refractivity contribution in [2.75, 3.05) is 18.4 Å². The van der Waals surface area contributed by atoms with Crippen LogP contribution in [0.15, 0.2) is 36.7 Å². The summed E-state index contributed by atoms with van der Waals surface area (Å²) in [5.74, 6) is 5.64. The first-order chi connectivity index (χ1) is 17.8. The van der Waals surface area contributed by atoms with E-state index in [1.54, 1.807) is 11.0 Å². The van der Waals surface area contributed by atoms with Crippen LogP contribution in [-0.2, 0) is 4.74 Å². The highest BCUT2D eigenvalue weighted by Crippen LogP contribution is 2.33. The van der Waals surface area contributed by atoms with Gasteiger partial charge in [-0.2, -0.15) is 0 Å². The zero-order valence-electron chi connectivity index (χ0n) is 21.5. The Bertz CT molecular complexity index is 1480. The Hall–Kier alpha value is -3.97. The van der Waals surface area contributed by atoms with E-state index in [-0.39, 0.29) is 27.8 Å². The molecular weight excluding hydrogens is 513 g/mol. The van der Waals surface area contributed by atoms with Crippen LogP contribution in [0, 0.1) is 33.2 Å². The second-order valence-electron chi connectivity index (χ2n) is 10.4. The molecule has 1 aliphatic rings. The number of carbonyl (C=O) groups is 1. The molecule has 1 unspecified atom stereocenters. The lowest BCUT2D eigenvalue weighted by molar-refractivity contribution is -0.385. The molecule has 0 radical (unpaired) electrons. The SMILES string of the molecule is CC1(C#Cc2cc3ncnc(Nc4cccc(Cl)c4F)c3cc2[N+](=O)[O-])CCCN(C(=O)OC(C)(C)C)C1. The van der Waals surface area contributed by atoms with Gasteiger partial charge in [0.15, 0.2) is 5.82 Å². The summed E-state index contributed by atoms with van der Waals surface area (Å²) < 4.78 is 19.9. The normalized spacial score (nSPS) is 17.5. The van der Waals surface area contributed by atoms with Crippen LogP contribution < -0.4 is 5.32 Å². The highest BCUT2D eigenvalue weighted by Gasteiger charge is 2.34. The molecule has 1 N–H and O–H groups in total. The fourth-order valence-electron chi connectivity index (χ4n) is 4.21. The third-order valence-corrected chi connectivity index (χ3v) is 6.29. The van der Waals surface area contributed by atoms with Crippen molar-refractivity contribution in [3.05, 3.63) is 63.2 Å². The molecule has 1 fully saturated rings. The van der Waals surface area contributed by atoms with E-state index in [1.807, 2.05) is 27.7 Å². The fraction of sp³-hybridized carbons (Fsp3) is 0.370. The molecule has 1 saturated heterocycles. The van der Waals surface area contributed by atoms with Gasteiger partial charge in [-0.1, -0.05) is 29.5 Å². The summed E-state index contributed by atoms with van der Waals surface area (Å²) in [6.07, 6.45) is 2.32. The molecule has 2 heterocycles. The Morgan fingerprint density at radius 3 is 2.79 bits per heavy atom. The van der Waals surface area contributed by atoms with Crippen LogP contribution in [-0.4, -0.2) is 44.6 Å². The van der Waals surface area contributed by atoms with Gasteiger partial charge in [-0.25, -0.2) is 19.2 Å². The maximum absolute atomic E-state index is 14.4. The Morgan fingerprint density at radius 2 is 2.08 bits per heavy atom. The summed E-state index contributed by atoms with van der Waals surface area (Å²) in [4.78, 5) is 34.0. The van der Waals surface area contributed by atoms with Gasteiger partial charge in [-0.15, -0.1) is 0 Å². The van der Waals surface area contributed by atoms with E-state index in [9.17, 15) is 19.3 Å². The lowest BCUT2D eigenvalue weighted by Gasteiger charge is -2.37. The van der Waals surface area contributed by atoms with Gasteiger partial charge in [-0.05, 0) is 58.7 Å². The number of piperidine rings is 1. The number of likely N-dealkylation sites (tertiary alicyclic amines) is 1. The average molecular weight is 540 g/mol. The zero-order valence-corrected chi connectivity index (χ0v) is 22.2. The number of carbonyl (C=O) groups excluding carboxylic acids is 1. The maximum Gasteiger partial charge on any atom is 0.410 e. The minimum absolute atomic E-state index is 0.0710. The van der Waals surface area contributed by atoms with Gasteiger partial charge in [-0.3, -0.25) is 10.1 Å². The molecule has 1 atom stereocenters. The van der Waals surface area contributed by atoms with Gasteiger partial charge >= 0.3 is 6.09 Å². The second-order valence-corrected chi connectivity index (χ2v) is 10.8. The molecule has 4 rings (SSSR count). The predicted octanol–water partition coefficient (Wildman–Crippen LogP) is 6.46. The number of hydrogen-bond donors (Lipinski definition) is 1. The maximum atomic E-state index is 14.4. The molecule has 1 aliphatic heterocycles. The van der Waals surface area contributed by atoms with E-state index in [0.717, 1.165) is 12.8 Å². The summed E-state index contributed by atoms with van der Waals surface area (Å²) in [5, 5.41) is 15.1. The number of ether oxygens (including phenoxy) is 1. The van der Waals surface area contributed by atoms with Crippen molar-refractivity contribution in [3.63, 3.8) is 0 Å². The molecule has 0 aliphatic carbocycles. The van der Waals surface area contributed by atoms with E-state index in [4.69, 9.17) is 16.3 Å². The molecule has 38 heavy (non-hydrogen) atoms. The topological polar surface area (TPSA) is 110 Å². The summed E-state index contributed by atoms with van der Waals surface area (Å²) in [6.45, 7) is 8.25. The number of nitro benzene ring substituents is 1. The van der Waals surface area contributed by atoms with Crippen LogP contribution in [0.3, 0.4) is 0 Å². The number of nitrogens with zero attached hydrogens (tertiary/aromatic N) is 4. The second kappa shape index (κ2) is 10.4. The van der Waals surface area contributed by atoms with Crippen molar-refractivity contribution < 1.29 is 18.8 Å². The zero-order chi connectivity index (χ0) is 27.7. The third kappa shape index (κ3) is 6.11. The number of aromatic nitrogens is 2. The van der Waals surface area contributed by atoms with Crippen molar-refractivity contribution in [3.8, 4) is 11.8 Å². The Kier molecular flexibility index (Phi) is 7.42. The van der Waals surface area contributed by atoms with Crippen LogP contribution >= 0.6 is 11.6 Å². The van der Waals surface area contributed by atoms with Crippen LogP contribution in [0.4, 0.5) is 26.4 Å². The smallest absolute Gasteiger partial charge is 0.410 e. The first kappa shape index (κ1) is 27.1. The number of amides is 1. The van der Waals surface area contributed by atoms with Gasteiger partial charge in [0.1, 0.15) is 23.3 Å². The molecule has 2 aromatic carbocycles. The van der Waals surface area contributed by atoms with Crippen molar-refractivity contribution in [1.29, 1.82) is 0 Å². The lowest BCUT2D eigenvalue weighted by Crippen LogP contribution is -2.46. The van der Waals surface area contributed by atoms with E-state index >= 15 is 0 Å². The summed E-state index contributed by atoms with van der Waals surface area (Å²) in [6, 6.07) is 7.30. The summed E-state index contributed by atoms with van der Waals surface area (Å²) in [5.41, 5.74) is -0.793. The van der Waals surface area contributed by atoms with E-state index < -0.39 is 27.8 Å². The number of halogens is 2. The van der Waals surface area contributed by atoms with Gasteiger partial charge in [0.05, 0.1) is 21.2 Å². The molecule has 11 heteroatoms. The molecule has 0 bridgehead atoms. The minimum atomic E-state index is -0.668.